The minimum Gasteiger partial charge on any atom is -0.316 e. The Morgan fingerprint density at radius 3 is 3.00 bits per heavy atom. The fourth-order valence-corrected chi connectivity index (χ4v) is 3.60. The van der Waals surface area contributed by atoms with Crippen LogP contribution in [0.15, 0.2) is 18.2 Å². The summed E-state index contributed by atoms with van der Waals surface area (Å²) < 4.78 is 0. The van der Waals surface area contributed by atoms with Crippen LogP contribution in [0.25, 0.3) is 5.57 Å². The van der Waals surface area contributed by atoms with Crippen LogP contribution in [-0.4, -0.2) is 18.9 Å². The van der Waals surface area contributed by atoms with E-state index in [2.05, 4.69) is 17.5 Å². The Hall–Kier alpha value is -0.930. The second kappa shape index (κ2) is 3.82. The molecule has 0 saturated carbocycles. The van der Waals surface area contributed by atoms with E-state index in [0.717, 1.165) is 29.8 Å². The van der Waals surface area contributed by atoms with Crippen LogP contribution in [-0.2, 0) is 0 Å². The summed E-state index contributed by atoms with van der Waals surface area (Å²) in [6, 6.07) is 4.05. The highest BCUT2D eigenvalue weighted by atomic mass is 32.1. The first-order valence-corrected chi connectivity index (χ1v) is 6.58. The van der Waals surface area contributed by atoms with Crippen LogP contribution in [0.1, 0.15) is 27.9 Å². The summed E-state index contributed by atoms with van der Waals surface area (Å²) in [5, 5.41) is 3.42. The van der Waals surface area contributed by atoms with Gasteiger partial charge in [-0.15, -0.1) is 11.3 Å². The fourth-order valence-electron chi connectivity index (χ4n) is 2.66. The molecule has 2 aliphatic rings. The van der Waals surface area contributed by atoms with Crippen molar-refractivity contribution < 1.29 is 4.79 Å². The molecule has 16 heavy (non-hydrogen) atoms. The lowest BCUT2D eigenvalue weighted by Crippen LogP contribution is -2.08. The lowest BCUT2D eigenvalue weighted by molar-refractivity contribution is 0.102. The van der Waals surface area contributed by atoms with Crippen LogP contribution in [0, 0.1) is 11.8 Å². The first-order chi connectivity index (χ1) is 7.74. The summed E-state index contributed by atoms with van der Waals surface area (Å²) in [5.74, 6) is 1.69. The highest BCUT2D eigenvalue weighted by Gasteiger charge is 2.32. The molecule has 1 aliphatic carbocycles. The van der Waals surface area contributed by atoms with Crippen molar-refractivity contribution in [3.05, 3.63) is 28.0 Å². The SMILES string of the molecule is CC(=O)c1ccc(C2=CC3CNCC3C2)s1. The van der Waals surface area contributed by atoms with Crippen LogP contribution in [0.2, 0.25) is 0 Å². The zero-order valence-corrected chi connectivity index (χ0v) is 10.1. The maximum absolute atomic E-state index is 11.3. The number of carbonyl (C=O) groups is 1. The minimum atomic E-state index is 0.178. The molecule has 1 saturated heterocycles. The second-order valence-corrected chi connectivity index (χ2v) is 5.78. The summed E-state index contributed by atoms with van der Waals surface area (Å²) in [5.41, 5.74) is 1.45. The molecule has 2 nitrogen and oxygen atoms in total. The average molecular weight is 233 g/mol. The Morgan fingerprint density at radius 2 is 2.31 bits per heavy atom. The van der Waals surface area contributed by atoms with Crippen LogP contribution in [0.3, 0.4) is 0 Å². The standard InChI is InChI=1S/C13H15NOS/c1-8(15)12-2-3-13(16-12)9-4-10-6-14-7-11(10)5-9/h2-4,10-11,14H,5-7H2,1H3. The first-order valence-electron chi connectivity index (χ1n) is 5.76. The Labute approximate surface area is 99.4 Å². The molecule has 0 radical (unpaired) electrons. The zero-order chi connectivity index (χ0) is 11.1. The molecular weight excluding hydrogens is 218 g/mol. The Balaban J connectivity index is 1.85. The van der Waals surface area contributed by atoms with Gasteiger partial charge in [0.1, 0.15) is 0 Å². The Bertz CT molecular complexity index is 460. The van der Waals surface area contributed by atoms with Crippen LogP contribution in [0.5, 0.6) is 0 Å². The topological polar surface area (TPSA) is 29.1 Å². The van der Waals surface area contributed by atoms with Crippen molar-refractivity contribution in [3.8, 4) is 0 Å². The summed E-state index contributed by atoms with van der Waals surface area (Å²) >= 11 is 1.64. The van der Waals surface area contributed by atoms with Crippen molar-refractivity contribution in [3.63, 3.8) is 0 Å². The summed E-state index contributed by atoms with van der Waals surface area (Å²) in [6.45, 7) is 3.91. The van der Waals surface area contributed by atoms with Crippen LogP contribution < -0.4 is 5.32 Å². The Morgan fingerprint density at radius 1 is 1.44 bits per heavy atom. The molecule has 0 aromatic carbocycles. The van der Waals surface area contributed by atoms with Gasteiger partial charge in [-0.2, -0.15) is 0 Å². The smallest absolute Gasteiger partial charge is 0.169 e. The highest BCUT2D eigenvalue weighted by molar-refractivity contribution is 7.15. The number of carbonyl (C=O) groups excluding carboxylic acids is 1. The monoisotopic (exact) mass is 233 g/mol. The van der Waals surface area contributed by atoms with E-state index in [1.807, 2.05) is 6.07 Å². The van der Waals surface area contributed by atoms with Gasteiger partial charge in [-0.25, -0.2) is 0 Å². The van der Waals surface area contributed by atoms with Gasteiger partial charge in [-0.05, 0) is 49.4 Å². The van der Waals surface area contributed by atoms with E-state index in [1.54, 1.807) is 18.3 Å². The molecule has 0 spiro atoms. The summed E-state index contributed by atoms with van der Waals surface area (Å²) in [6.07, 6.45) is 3.58. The van der Waals surface area contributed by atoms with Gasteiger partial charge >= 0.3 is 0 Å². The van der Waals surface area contributed by atoms with Gasteiger partial charge in [-0.3, -0.25) is 4.79 Å². The van der Waals surface area contributed by atoms with Crippen molar-refractivity contribution in [1.29, 1.82) is 0 Å². The van der Waals surface area contributed by atoms with Gasteiger partial charge in [0.2, 0.25) is 0 Å². The molecule has 0 amide bonds. The molecule has 84 valence electrons. The van der Waals surface area contributed by atoms with Crippen molar-refractivity contribution >= 4 is 22.7 Å². The normalized spacial score (nSPS) is 27.9. The molecule has 2 heterocycles. The number of Topliss-reactive ketones (excluding diaryl/α,β-unsaturated/α-hetero) is 1. The molecule has 3 rings (SSSR count). The number of hydrogen-bond acceptors (Lipinski definition) is 3. The average Bonchev–Trinajstić information content (AvgIpc) is 2.91. The molecule has 2 atom stereocenters. The van der Waals surface area contributed by atoms with Gasteiger partial charge in [0.15, 0.2) is 5.78 Å². The van der Waals surface area contributed by atoms with Crippen molar-refractivity contribution in [1.82, 2.24) is 5.32 Å². The van der Waals surface area contributed by atoms with Crippen molar-refractivity contribution in [2.45, 2.75) is 13.3 Å². The lowest BCUT2D eigenvalue weighted by atomic mass is 10.00. The molecule has 0 bridgehead atoms. The number of ketones is 1. The predicted octanol–water partition coefficient (Wildman–Crippen LogP) is 2.57. The zero-order valence-electron chi connectivity index (χ0n) is 9.32. The number of nitrogens with one attached hydrogen (secondary N) is 1. The molecule has 1 N–H and O–H groups in total. The van der Waals surface area contributed by atoms with E-state index in [9.17, 15) is 4.79 Å². The van der Waals surface area contributed by atoms with E-state index >= 15 is 0 Å². The number of allylic oxidation sites excluding steroid dienone is 1. The maximum Gasteiger partial charge on any atom is 0.169 e. The van der Waals surface area contributed by atoms with Crippen LogP contribution >= 0.6 is 11.3 Å². The minimum absolute atomic E-state index is 0.178. The second-order valence-electron chi connectivity index (χ2n) is 4.70. The number of fused-ring (bicyclic) bond motifs is 1. The van der Waals surface area contributed by atoms with E-state index in [4.69, 9.17) is 0 Å². The Kier molecular flexibility index (Phi) is 2.45. The van der Waals surface area contributed by atoms with Crippen molar-refractivity contribution in [2.75, 3.05) is 13.1 Å². The number of thiophene rings is 1. The van der Waals surface area contributed by atoms with Gasteiger partial charge in [0.25, 0.3) is 0 Å². The molecule has 1 aromatic rings. The third-order valence-electron chi connectivity index (χ3n) is 3.56. The largest absolute Gasteiger partial charge is 0.316 e. The molecule has 3 heteroatoms. The van der Waals surface area contributed by atoms with E-state index in [-0.39, 0.29) is 5.78 Å². The van der Waals surface area contributed by atoms with Gasteiger partial charge in [0.05, 0.1) is 4.88 Å². The summed E-state index contributed by atoms with van der Waals surface area (Å²) in [4.78, 5) is 13.4. The van der Waals surface area contributed by atoms with Crippen LogP contribution in [0.4, 0.5) is 0 Å². The molecule has 1 aromatic heterocycles. The van der Waals surface area contributed by atoms with Crippen molar-refractivity contribution in [2.24, 2.45) is 11.8 Å². The van der Waals surface area contributed by atoms with Gasteiger partial charge < -0.3 is 5.32 Å². The lowest BCUT2D eigenvalue weighted by Gasteiger charge is -2.04. The first kappa shape index (κ1) is 10.2. The highest BCUT2D eigenvalue weighted by Crippen LogP contribution is 2.40. The quantitative estimate of drug-likeness (QED) is 0.795. The van der Waals surface area contributed by atoms with E-state index in [1.165, 1.54) is 16.9 Å². The summed E-state index contributed by atoms with van der Waals surface area (Å²) in [7, 11) is 0. The van der Waals surface area contributed by atoms with E-state index in [0.29, 0.717) is 0 Å². The van der Waals surface area contributed by atoms with Gasteiger partial charge in [-0.1, -0.05) is 6.08 Å². The maximum atomic E-state index is 11.3. The van der Waals surface area contributed by atoms with Gasteiger partial charge in [0, 0.05) is 11.4 Å². The third kappa shape index (κ3) is 1.64. The third-order valence-corrected chi connectivity index (χ3v) is 4.82. The molecule has 2 unspecified atom stereocenters. The molecule has 1 fully saturated rings. The predicted molar refractivity (Wildman–Crippen MR) is 66.8 cm³/mol. The molecular formula is C13H15NOS. The molecule has 1 aliphatic heterocycles. The fraction of sp³-hybridized carbons (Fsp3) is 0.462. The number of rotatable bonds is 2. The van der Waals surface area contributed by atoms with E-state index < -0.39 is 0 Å². The number of hydrogen-bond donors (Lipinski definition) is 1.